The van der Waals surface area contributed by atoms with E-state index in [1.165, 1.54) is 24.5 Å². The average molecular weight is 502 g/mol. The van der Waals surface area contributed by atoms with Gasteiger partial charge in [-0.15, -0.1) is 0 Å². The van der Waals surface area contributed by atoms with Crippen LogP contribution >= 0.6 is 0 Å². The summed E-state index contributed by atoms with van der Waals surface area (Å²) in [5.41, 5.74) is 3.85. The maximum atomic E-state index is 14.7. The summed E-state index contributed by atoms with van der Waals surface area (Å²) in [7, 11) is 0. The second-order valence-corrected chi connectivity index (χ2v) is 10.6. The fourth-order valence-electron chi connectivity index (χ4n) is 4.37. The highest BCUT2D eigenvalue weighted by Gasteiger charge is 2.31. The standard InChI is InChI=1S/C32H40FN3O/c1-7-8-9-10-30(22(2)3)34-21-23(4)35-24(5)28-19-27(13-14-29(28)33)36-31(37)20-32(6)17-15-26(16-18-32)25-11-12-25/h10,13-17,19,21,23-25,35H,2,7,11-12,18,20H2,1,3-6H3,(H,36,37)/b30-10+,34-21?/t23?,24-,32?/m0/s1. The molecule has 196 valence electrons. The SMILES string of the molecule is C=C(C)/C(=C\C#CCC)N=CC(C)N[C@@H](C)c1cc(NC(=O)CC2(C)C=CC(C3CC3)=CC2)ccc1F. The molecule has 37 heavy (non-hydrogen) atoms. The van der Waals surface area contributed by atoms with Crippen molar-refractivity contribution in [1.29, 1.82) is 0 Å². The van der Waals surface area contributed by atoms with E-state index in [1.807, 2.05) is 27.7 Å². The largest absolute Gasteiger partial charge is 0.326 e. The van der Waals surface area contributed by atoms with Gasteiger partial charge in [-0.2, -0.15) is 0 Å². The van der Waals surface area contributed by atoms with Crippen molar-refractivity contribution in [2.24, 2.45) is 16.3 Å². The Morgan fingerprint density at radius 2 is 2.11 bits per heavy atom. The number of hydrogen-bond acceptors (Lipinski definition) is 3. The number of benzene rings is 1. The first-order valence-corrected chi connectivity index (χ1v) is 13.2. The quantitative estimate of drug-likeness (QED) is 0.199. The Labute approximate surface area is 221 Å². The van der Waals surface area contributed by atoms with Gasteiger partial charge in [0.05, 0.1) is 5.70 Å². The molecule has 0 saturated heterocycles. The maximum absolute atomic E-state index is 14.7. The summed E-state index contributed by atoms with van der Waals surface area (Å²) >= 11 is 0. The molecule has 5 heteroatoms. The average Bonchev–Trinajstić information content (AvgIpc) is 3.68. The van der Waals surface area contributed by atoms with E-state index >= 15 is 0 Å². The minimum absolute atomic E-state index is 0.0700. The molecule has 1 aromatic rings. The van der Waals surface area contributed by atoms with Gasteiger partial charge in [-0.1, -0.05) is 50.5 Å². The van der Waals surface area contributed by atoms with E-state index in [2.05, 4.69) is 59.2 Å². The second-order valence-electron chi connectivity index (χ2n) is 10.6. The zero-order chi connectivity index (χ0) is 27.0. The Kier molecular flexibility index (Phi) is 9.83. The molecule has 3 rings (SSSR count). The van der Waals surface area contributed by atoms with Gasteiger partial charge >= 0.3 is 0 Å². The lowest BCUT2D eigenvalue weighted by Crippen LogP contribution is -2.30. The van der Waals surface area contributed by atoms with Crippen LogP contribution in [0.15, 0.2) is 70.9 Å². The van der Waals surface area contributed by atoms with Crippen LogP contribution in [0.5, 0.6) is 0 Å². The molecule has 4 nitrogen and oxygen atoms in total. The molecule has 1 aromatic carbocycles. The Morgan fingerprint density at radius 3 is 2.73 bits per heavy atom. The van der Waals surface area contributed by atoms with Gasteiger partial charge in [0, 0.05) is 48.5 Å². The van der Waals surface area contributed by atoms with Crippen LogP contribution in [0.25, 0.3) is 0 Å². The van der Waals surface area contributed by atoms with E-state index in [9.17, 15) is 9.18 Å². The number of nitrogens with one attached hydrogen (secondary N) is 2. The lowest BCUT2D eigenvalue weighted by molar-refractivity contribution is -0.117. The molecule has 2 unspecified atom stereocenters. The van der Waals surface area contributed by atoms with E-state index in [0.717, 1.165) is 30.0 Å². The Bertz CT molecular complexity index is 1190. The van der Waals surface area contributed by atoms with Gasteiger partial charge in [-0.3, -0.25) is 9.79 Å². The topological polar surface area (TPSA) is 53.5 Å². The molecule has 0 spiro atoms. The third-order valence-corrected chi connectivity index (χ3v) is 6.72. The molecule has 2 aliphatic rings. The van der Waals surface area contributed by atoms with Crippen molar-refractivity contribution in [3.8, 4) is 11.8 Å². The predicted molar refractivity (Wildman–Crippen MR) is 153 cm³/mol. The Balaban J connectivity index is 1.60. The zero-order valence-corrected chi connectivity index (χ0v) is 22.8. The van der Waals surface area contributed by atoms with Gasteiger partial charge in [0.25, 0.3) is 0 Å². The summed E-state index contributed by atoms with van der Waals surface area (Å²) < 4.78 is 14.7. The highest BCUT2D eigenvalue weighted by molar-refractivity contribution is 5.91. The van der Waals surface area contributed by atoms with Crippen molar-refractivity contribution < 1.29 is 9.18 Å². The molecular formula is C32H40FN3O. The molecule has 0 aliphatic heterocycles. The number of carbonyl (C=O) groups excluding carboxylic acids is 1. The number of hydrogen-bond donors (Lipinski definition) is 2. The minimum atomic E-state index is -0.320. The number of aliphatic imine (C=N–C) groups is 1. The van der Waals surface area contributed by atoms with Gasteiger partial charge in [0.1, 0.15) is 5.82 Å². The van der Waals surface area contributed by atoms with Gasteiger partial charge in [-0.05, 0) is 80.7 Å². The molecule has 0 aromatic heterocycles. The molecular weight excluding hydrogens is 461 g/mol. The molecule has 0 bridgehead atoms. The lowest BCUT2D eigenvalue weighted by atomic mass is 9.78. The number of carbonyl (C=O) groups is 1. The van der Waals surface area contributed by atoms with Gasteiger partial charge in [0.2, 0.25) is 5.91 Å². The van der Waals surface area contributed by atoms with Crippen molar-refractivity contribution in [2.75, 3.05) is 5.32 Å². The predicted octanol–water partition coefficient (Wildman–Crippen LogP) is 7.44. The number of nitrogens with zero attached hydrogens (tertiary/aromatic N) is 1. The summed E-state index contributed by atoms with van der Waals surface area (Å²) in [6, 6.07) is 4.31. The van der Waals surface area contributed by atoms with Crippen molar-refractivity contribution in [3.63, 3.8) is 0 Å². The van der Waals surface area contributed by atoms with Gasteiger partial charge < -0.3 is 10.6 Å². The number of allylic oxidation sites excluding steroid dienone is 6. The van der Waals surface area contributed by atoms with E-state index in [0.29, 0.717) is 17.7 Å². The highest BCUT2D eigenvalue weighted by Crippen LogP contribution is 2.42. The van der Waals surface area contributed by atoms with Crippen molar-refractivity contribution in [2.45, 2.75) is 78.8 Å². The monoisotopic (exact) mass is 501 g/mol. The third-order valence-electron chi connectivity index (χ3n) is 6.72. The number of halogens is 1. The molecule has 1 fully saturated rings. The molecule has 1 saturated carbocycles. The maximum Gasteiger partial charge on any atom is 0.225 e. The smallest absolute Gasteiger partial charge is 0.225 e. The van der Waals surface area contributed by atoms with Crippen LogP contribution in [0.2, 0.25) is 0 Å². The molecule has 1 amide bonds. The molecule has 3 atom stereocenters. The van der Waals surface area contributed by atoms with Gasteiger partial charge in [-0.25, -0.2) is 4.39 Å². The summed E-state index contributed by atoms with van der Waals surface area (Å²) in [4.78, 5) is 17.4. The first-order valence-electron chi connectivity index (χ1n) is 13.2. The molecule has 0 heterocycles. The summed E-state index contributed by atoms with van der Waals surface area (Å²) in [6.07, 6.45) is 14.8. The zero-order valence-electron chi connectivity index (χ0n) is 22.8. The second kappa shape index (κ2) is 12.8. The number of anilines is 1. The van der Waals surface area contributed by atoms with E-state index in [1.54, 1.807) is 24.4 Å². The Hall–Kier alpha value is -3.23. The van der Waals surface area contributed by atoms with Crippen LogP contribution in [0, 0.1) is 29.0 Å². The molecule has 0 radical (unpaired) electrons. The van der Waals surface area contributed by atoms with Crippen molar-refractivity contribution >= 4 is 17.8 Å². The number of rotatable bonds is 10. The number of amides is 1. The van der Waals surface area contributed by atoms with Crippen LogP contribution in [-0.4, -0.2) is 18.2 Å². The molecule has 2 aliphatic carbocycles. The minimum Gasteiger partial charge on any atom is -0.326 e. The van der Waals surface area contributed by atoms with Crippen LogP contribution in [-0.2, 0) is 4.79 Å². The van der Waals surface area contributed by atoms with Gasteiger partial charge in [0.15, 0.2) is 0 Å². The first-order chi connectivity index (χ1) is 17.6. The van der Waals surface area contributed by atoms with E-state index in [-0.39, 0.29) is 29.2 Å². The van der Waals surface area contributed by atoms with Crippen LogP contribution < -0.4 is 10.6 Å². The van der Waals surface area contributed by atoms with E-state index < -0.39 is 0 Å². The van der Waals surface area contributed by atoms with Crippen LogP contribution in [0.3, 0.4) is 0 Å². The summed E-state index contributed by atoms with van der Waals surface area (Å²) in [5.74, 6) is 6.31. The Morgan fingerprint density at radius 1 is 1.35 bits per heavy atom. The first kappa shape index (κ1) is 28.3. The third kappa shape index (κ3) is 8.68. The lowest BCUT2D eigenvalue weighted by Gasteiger charge is -2.27. The van der Waals surface area contributed by atoms with Crippen molar-refractivity contribution in [1.82, 2.24) is 5.32 Å². The fraction of sp³-hybridized carbons (Fsp3) is 0.438. The molecule has 2 N–H and O–H groups in total. The summed E-state index contributed by atoms with van der Waals surface area (Å²) in [6.45, 7) is 13.8. The summed E-state index contributed by atoms with van der Waals surface area (Å²) in [5, 5.41) is 6.33. The van der Waals surface area contributed by atoms with Crippen LogP contribution in [0.4, 0.5) is 10.1 Å². The highest BCUT2D eigenvalue weighted by atomic mass is 19.1. The fourth-order valence-corrected chi connectivity index (χ4v) is 4.37. The van der Waals surface area contributed by atoms with E-state index in [4.69, 9.17) is 0 Å². The normalized spacial score (nSPS) is 21.1. The van der Waals surface area contributed by atoms with Crippen molar-refractivity contribution in [3.05, 3.63) is 77.3 Å². The van der Waals surface area contributed by atoms with Crippen LogP contribution in [0.1, 0.15) is 78.3 Å².